The fraction of sp³-hybridized carbons (Fsp3) is 0.455. The van der Waals surface area contributed by atoms with E-state index in [1.54, 1.807) is 6.07 Å². The molecule has 1 saturated heterocycles. The monoisotopic (exact) mass is 195 g/mol. The molecule has 76 valence electrons. The van der Waals surface area contributed by atoms with Crippen molar-refractivity contribution in [2.24, 2.45) is 0 Å². The Morgan fingerprint density at radius 2 is 2.29 bits per heavy atom. The number of piperidine rings is 1. The molecule has 1 aromatic rings. The number of hydrogen-bond donors (Lipinski definition) is 2. The lowest BCUT2D eigenvalue weighted by Gasteiger charge is -2.23. The van der Waals surface area contributed by atoms with Crippen molar-refractivity contribution < 1.29 is 9.50 Å². The van der Waals surface area contributed by atoms with Crippen molar-refractivity contribution in [2.75, 3.05) is 13.1 Å². The number of phenols is 1. The second-order valence-electron chi connectivity index (χ2n) is 3.75. The van der Waals surface area contributed by atoms with Crippen LogP contribution in [-0.4, -0.2) is 18.2 Å². The van der Waals surface area contributed by atoms with Crippen LogP contribution in [0.5, 0.6) is 5.75 Å². The molecule has 1 fully saturated rings. The van der Waals surface area contributed by atoms with Crippen LogP contribution in [0.2, 0.25) is 0 Å². The number of halogens is 1. The van der Waals surface area contributed by atoms with Crippen LogP contribution in [0.4, 0.5) is 4.39 Å². The van der Waals surface area contributed by atoms with Gasteiger partial charge in [-0.05, 0) is 43.0 Å². The Balaban J connectivity index is 2.18. The first-order chi connectivity index (χ1) is 6.77. The minimum atomic E-state index is -0.544. The molecule has 3 heteroatoms. The van der Waals surface area contributed by atoms with Gasteiger partial charge in [0, 0.05) is 6.54 Å². The van der Waals surface area contributed by atoms with E-state index in [9.17, 15) is 9.50 Å². The summed E-state index contributed by atoms with van der Waals surface area (Å²) in [6.07, 6.45) is 2.25. The van der Waals surface area contributed by atoms with Gasteiger partial charge in [0.2, 0.25) is 0 Å². The van der Waals surface area contributed by atoms with Gasteiger partial charge in [-0.3, -0.25) is 0 Å². The highest BCUT2D eigenvalue weighted by molar-refractivity contribution is 5.31. The lowest BCUT2D eigenvalue weighted by Crippen LogP contribution is -2.28. The highest BCUT2D eigenvalue weighted by atomic mass is 19.1. The summed E-state index contributed by atoms with van der Waals surface area (Å²) in [6, 6.07) is 4.62. The first-order valence-corrected chi connectivity index (χ1v) is 4.96. The van der Waals surface area contributed by atoms with Gasteiger partial charge in [0.05, 0.1) is 0 Å². The Bertz CT molecular complexity index is 321. The molecular weight excluding hydrogens is 181 g/mol. The first kappa shape index (κ1) is 9.46. The van der Waals surface area contributed by atoms with Crippen LogP contribution in [-0.2, 0) is 0 Å². The average molecular weight is 195 g/mol. The topological polar surface area (TPSA) is 32.3 Å². The van der Waals surface area contributed by atoms with Gasteiger partial charge in [0.25, 0.3) is 0 Å². The summed E-state index contributed by atoms with van der Waals surface area (Å²) in [5.74, 6) is -0.374. The third-order valence-corrected chi connectivity index (χ3v) is 2.74. The smallest absolute Gasteiger partial charge is 0.164 e. The molecule has 0 amide bonds. The molecule has 1 aliphatic heterocycles. The Labute approximate surface area is 82.8 Å². The van der Waals surface area contributed by atoms with Gasteiger partial charge in [-0.15, -0.1) is 0 Å². The molecule has 0 spiro atoms. The molecule has 2 nitrogen and oxygen atoms in total. The molecule has 0 radical (unpaired) electrons. The van der Waals surface area contributed by atoms with Crippen LogP contribution in [0.15, 0.2) is 18.2 Å². The highest BCUT2D eigenvalue weighted by Gasteiger charge is 2.16. The van der Waals surface area contributed by atoms with Crippen molar-refractivity contribution in [1.29, 1.82) is 0 Å². The summed E-state index contributed by atoms with van der Waals surface area (Å²) in [4.78, 5) is 0. The maximum absolute atomic E-state index is 12.8. The molecule has 0 unspecified atom stereocenters. The maximum atomic E-state index is 12.8. The number of rotatable bonds is 1. The van der Waals surface area contributed by atoms with E-state index >= 15 is 0 Å². The molecule has 1 aromatic carbocycles. The van der Waals surface area contributed by atoms with Gasteiger partial charge in [0.15, 0.2) is 11.6 Å². The van der Waals surface area contributed by atoms with E-state index in [4.69, 9.17) is 0 Å². The Hall–Kier alpha value is -1.09. The summed E-state index contributed by atoms with van der Waals surface area (Å²) < 4.78 is 12.8. The van der Waals surface area contributed by atoms with Crippen molar-refractivity contribution in [3.8, 4) is 5.75 Å². The molecule has 0 saturated carbocycles. The standard InChI is InChI=1S/C11H14FNO/c12-10-4-3-8(6-11(10)14)9-2-1-5-13-7-9/h3-4,6,9,13-14H,1-2,5,7H2/t9-/m0/s1. The third-order valence-electron chi connectivity index (χ3n) is 2.74. The zero-order valence-corrected chi connectivity index (χ0v) is 7.96. The van der Waals surface area contributed by atoms with Gasteiger partial charge < -0.3 is 10.4 Å². The summed E-state index contributed by atoms with van der Waals surface area (Å²) in [7, 11) is 0. The fourth-order valence-electron chi connectivity index (χ4n) is 1.92. The zero-order valence-electron chi connectivity index (χ0n) is 7.96. The predicted molar refractivity (Wildman–Crippen MR) is 52.9 cm³/mol. The maximum Gasteiger partial charge on any atom is 0.164 e. The molecule has 2 N–H and O–H groups in total. The number of aromatic hydroxyl groups is 1. The molecular formula is C11H14FNO. The van der Waals surface area contributed by atoms with Gasteiger partial charge in [0.1, 0.15) is 0 Å². The second kappa shape index (κ2) is 3.96. The molecule has 1 atom stereocenters. The lowest BCUT2D eigenvalue weighted by molar-refractivity contribution is 0.425. The Morgan fingerprint density at radius 3 is 2.93 bits per heavy atom. The van der Waals surface area contributed by atoms with E-state index in [2.05, 4.69) is 5.32 Å². The minimum absolute atomic E-state index is 0.243. The van der Waals surface area contributed by atoms with Crippen LogP contribution < -0.4 is 5.32 Å². The second-order valence-corrected chi connectivity index (χ2v) is 3.75. The average Bonchev–Trinajstić information content (AvgIpc) is 2.23. The van der Waals surface area contributed by atoms with Crippen molar-refractivity contribution >= 4 is 0 Å². The zero-order chi connectivity index (χ0) is 9.97. The van der Waals surface area contributed by atoms with E-state index in [-0.39, 0.29) is 5.75 Å². The van der Waals surface area contributed by atoms with E-state index in [1.165, 1.54) is 12.1 Å². The van der Waals surface area contributed by atoms with Gasteiger partial charge in [-0.1, -0.05) is 6.07 Å². The van der Waals surface area contributed by atoms with Crippen LogP contribution >= 0.6 is 0 Å². The van der Waals surface area contributed by atoms with Gasteiger partial charge in [-0.2, -0.15) is 0 Å². The van der Waals surface area contributed by atoms with Gasteiger partial charge >= 0.3 is 0 Å². The number of benzene rings is 1. The van der Waals surface area contributed by atoms with E-state index in [1.807, 2.05) is 0 Å². The van der Waals surface area contributed by atoms with Crippen LogP contribution in [0, 0.1) is 5.82 Å². The van der Waals surface area contributed by atoms with E-state index in [0.717, 1.165) is 31.5 Å². The molecule has 2 rings (SSSR count). The predicted octanol–water partition coefficient (Wildman–Crippen LogP) is 2.00. The Morgan fingerprint density at radius 1 is 1.43 bits per heavy atom. The molecule has 0 aliphatic carbocycles. The molecule has 1 aliphatic rings. The van der Waals surface area contributed by atoms with Crippen molar-refractivity contribution in [3.63, 3.8) is 0 Å². The third kappa shape index (κ3) is 1.87. The highest BCUT2D eigenvalue weighted by Crippen LogP contribution is 2.27. The van der Waals surface area contributed by atoms with Crippen molar-refractivity contribution in [3.05, 3.63) is 29.6 Å². The van der Waals surface area contributed by atoms with Crippen LogP contribution in [0.25, 0.3) is 0 Å². The summed E-state index contributed by atoms with van der Waals surface area (Å²) in [6.45, 7) is 1.98. The first-order valence-electron chi connectivity index (χ1n) is 4.96. The van der Waals surface area contributed by atoms with E-state index in [0.29, 0.717) is 5.92 Å². The van der Waals surface area contributed by atoms with Crippen molar-refractivity contribution in [2.45, 2.75) is 18.8 Å². The Kier molecular flexibility index (Phi) is 2.68. The summed E-state index contributed by atoms with van der Waals surface area (Å²) in [5.41, 5.74) is 1.02. The summed E-state index contributed by atoms with van der Waals surface area (Å²) >= 11 is 0. The normalized spacial score (nSPS) is 22.2. The van der Waals surface area contributed by atoms with Gasteiger partial charge in [-0.25, -0.2) is 4.39 Å². The molecule has 1 heterocycles. The number of phenolic OH excluding ortho intramolecular Hbond substituents is 1. The largest absolute Gasteiger partial charge is 0.505 e. The SMILES string of the molecule is Oc1cc([C@H]2CCCNC2)ccc1F. The molecule has 14 heavy (non-hydrogen) atoms. The number of hydrogen-bond acceptors (Lipinski definition) is 2. The molecule has 0 aromatic heterocycles. The minimum Gasteiger partial charge on any atom is -0.505 e. The van der Waals surface area contributed by atoms with Crippen LogP contribution in [0.1, 0.15) is 24.3 Å². The van der Waals surface area contributed by atoms with Crippen LogP contribution in [0.3, 0.4) is 0 Å². The molecule has 0 bridgehead atoms. The summed E-state index contributed by atoms with van der Waals surface area (Å²) in [5, 5.41) is 12.5. The number of nitrogens with one attached hydrogen (secondary N) is 1. The van der Waals surface area contributed by atoms with E-state index < -0.39 is 5.82 Å². The van der Waals surface area contributed by atoms with Crippen molar-refractivity contribution in [1.82, 2.24) is 5.32 Å². The lowest BCUT2D eigenvalue weighted by atomic mass is 9.91. The fourth-order valence-corrected chi connectivity index (χ4v) is 1.92. The quantitative estimate of drug-likeness (QED) is 0.718.